The van der Waals surface area contributed by atoms with Gasteiger partial charge in [-0.05, 0) is 36.7 Å². The SMILES string of the molecule is O=C(NC1CCCCC1)[C@@H](Cc1ccccc1)N1C(=O)[C@@H]2[C@H](C1=O)[C@H]1C=C[C@@H]2C1. The number of nitrogens with zero attached hydrogens (tertiary/aromatic N) is 1. The lowest BCUT2D eigenvalue weighted by Gasteiger charge is -2.30. The summed E-state index contributed by atoms with van der Waals surface area (Å²) in [5.41, 5.74) is 0.968. The molecule has 0 aromatic heterocycles. The number of allylic oxidation sites excluding steroid dienone is 2. The lowest BCUT2D eigenvalue weighted by molar-refractivity contribution is -0.148. The van der Waals surface area contributed by atoms with Gasteiger partial charge in [-0.1, -0.05) is 61.7 Å². The number of amides is 3. The molecule has 5 nitrogen and oxygen atoms in total. The third-order valence-electron chi connectivity index (χ3n) is 7.34. The molecule has 1 N–H and O–H groups in total. The summed E-state index contributed by atoms with van der Waals surface area (Å²) in [6.45, 7) is 0. The van der Waals surface area contributed by atoms with Crippen molar-refractivity contribution in [1.82, 2.24) is 10.2 Å². The Morgan fingerprint density at radius 3 is 2.21 bits per heavy atom. The van der Waals surface area contributed by atoms with Crippen molar-refractivity contribution < 1.29 is 14.4 Å². The van der Waals surface area contributed by atoms with Crippen LogP contribution in [0.5, 0.6) is 0 Å². The fraction of sp³-hybridized carbons (Fsp3) is 0.542. The minimum absolute atomic E-state index is 0.142. The zero-order valence-electron chi connectivity index (χ0n) is 16.6. The highest BCUT2D eigenvalue weighted by Gasteiger charge is 2.61. The molecule has 1 aromatic carbocycles. The van der Waals surface area contributed by atoms with Gasteiger partial charge < -0.3 is 5.32 Å². The van der Waals surface area contributed by atoms with Crippen molar-refractivity contribution in [2.75, 3.05) is 0 Å². The summed E-state index contributed by atoms with van der Waals surface area (Å²) < 4.78 is 0. The number of fused-ring (bicyclic) bond motifs is 5. The van der Waals surface area contributed by atoms with E-state index in [1.54, 1.807) is 0 Å². The number of likely N-dealkylation sites (tertiary alicyclic amines) is 1. The summed E-state index contributed by atoms with van der Waals surface area (Å²) >= 11 is 0. The summed E-state index contributed by atoms with van der Waals surface area (Å²) in [6, 6.07) is 9.09. The summed E-state index contributed by atoms with van der Waals surface area (Å²) in [4.78, 5) is 41.3. The molecule has 1 aromatic rings. The number of benzene rings is 1. The highest BCUT2D eigenvalue weighted by atomic mass is 16.2. The van der Waals surface area contributed by atoms with Crippen LogP contribution in [0.1, 0.15) is 44.1 Å². The Morgan fingerprint density at radius 2 is 1.59 bits per heavy atom. The van der Waals surface area contributed by atoms with E-state index in [-0.39, 0.29) is 47.4 Å². The van der Waals surface area contributed by atoms with E-state index in [4.69, 9.17) is 0 Å². The maximum absolute atomic E-state index is 13.3. The summed E-state index contributed by atoms with van der Waals surface area (Å²) in [6.07, 6.45) is 10.9. The first-order valence-corrected chi connectivity index (χ1v) is 11.0. The fourth-order valence-electron chi connectivity index (χ4n) is 5.92. The Labute approximate surface area is 171 Å². The number of nitrogens with one attached hydrogen (secondary N) is 1. The van der Waals surface area contributed by atoms with E-state index in [2.05, 4.69) is 17.5 Å². The van der Waals surface area contributed by atoms with Gasteiger partial charge in [0.2, 0.25) is 17.7 Å². The van der Waals surface area contributed by atoms with Crippen LogP contribution >= 0.6 is 0 Å². The number of hydrogen-bond acceptors (Lipinski definition) is 3. The molecule has 152 valence electrons. The predicted molar refractivity (Wildman–Crippen MR) is 109 cm³/mol. The molecule has 29 heavy (non-hydrogen) atoms. The van der Waals surface area contributed by atoms with Gasteiger partial charge >= 0.3 is 0 Å². The van der Waals surface area contributed by atoms with E-state index in [1.807, 2.05) is 30.3 Å². The van der Waals surface area contributed by atoms with Crippen LogP contribution in [0.3, 0.4) is 0 Å². The molecule has 1 aliphatic heterocycles. The molecule has 5 rings (SSSR count). The Morgan fingerprint density at radius 1 is 0.966 bits per heavy atom. The summed E-state index contributed by atoms with van der Waals surface area (Å²) in [7, 11) is 0. The number of rotatable bonds is 5. The van der Waals surface area contributed by atoms with Crippen LogP contribution in [0.4, 0.5) is 0 Å². The van der Waals surface area contributed by atoms with Crippen LogP contribution < -0.4 is 5.32 Å². The van der Waals surface area contributed by atoms with Gasteiger partial charge in [-0.2, -0.15) is 0 Å². The van der Waals surface area contributed by atoms with Gasteiger partial charge in [0.15, 0.2) is 0 Å². The van der Waals surface area contributed by atoms with Crippen LogP contribution in [-0.2, 0) is 20.8 Å². The largest absolute Gasteiger partial charge is 0.352 e. The van der Waals surface area contributed by atoms with Crippen molar-refractivity contribution >= 4 is 17.7 Å². The van der Waals surface area contributed by atoms with E-state index in [9.17, 15) is 14.4 Å². The summed E-state index contributed by atoms with van der Waals surface area (Å²) in [5.74, 6) is -0.678. The normalized spacial score (nSPS) is 31.9. The molecule has 3 aliphatic carbocycles. The van der Waals surface area contributed by atoms with Crippen molar-refractivity contribution in [2.45, 2.75) is 57.0 Å². The molecule has 2 bridgehead atoms. The molecule has 5 heteroatoms. The van der Waals surface area contributed by atoms with Crippen LogP contribution in [-0.4, -0.2) is 34.7 Å². The second-order valence-electron chi connectivity index (χ2n) is 9.10. The van der Waals surface area contributed by atoms with Crippen molar-refractivity contribution in [3.8, 4) is 0 Å². The third kappa shape index (κ3) is 3.21. The molecule has 1 heterocycles. The second-order valence-corrected chi connectivity index (χ2v) is 9.10. The number of imide groups is 1. The average Bonchev–Trinajstić information content (AvgIpc) is 3.42. The Kier molecular flexibility index (Phi) is 4.76. The maximum atomic E-state index is 13.3. The second kappa shape index (κ2) is 7.43. The maximum Gasteiger partial charge on any atom is 0.243 e. The van der Waals surface area contributed by atoms with Crippen LogP contribution in [0.15, 0.2) is 42.5 Å². The van der Waals surface area contributed by atoms with E-state index in [1.165, 1.54) is 11.3 Å². The zero-order valence-corrected chi connectivity index (χ0v) is 16.6. The van der Waals surface area contributed by atoms with Crippen molar-refractivity contribution in [2.24, 2.45) is 23.7 Å². The lowest BCUT2D eigenvalue weighted by Crippen LogP contribution is -2.53. The molecule has 3 fully saturated rings. The zero-order chi connectivity index (χ0) is 20.0. The standard InChI is InChI=1S/C24H28N2O3/c27-22(25-18-9-5-2-6-10-18)19(13-15-7-3-1-4-8-15)26-23(28)20-16-11-12-17(14-16)21(20)24(26)29/h1,3-4,7-8,11-12,16-21H,2,5-6,9-10,13-14H2,(H,25,27)/t16-,17+,19-,20+,21-/m1/s1. The number of hydrogen-bond donors (Lipinski definition) is 1. The number of carbonyl (C=O) groups excluding carboxylic acids is 3. The smallest absolute Gasteiger partial charge is 0.243 e. The molecule has 5 atom stereocenters. The molecular weight excluding hydrogens is 364 g/mol. The quantitative estimate of drug-likeness (QED) is 0.619. The molecule has 4 aliphatic rings. The van der Waals surface area contributed by atoms with Gasteiger partial charge in [0.25, 0.3) is 0 Å². The van der Waals surface area contributed by atoms with Gasteiger partial charge in [0.05, 0.1) is 11.8 Å². The monoisotopic (exact) mass is 392 g/mol. The summed E-state index contributed by atoms with van der Waals surface area (Å²) in [5, 5.41) is 3.16. The molecule has 2 saturated carbocycles. The van der Waals surface area contributed by atoms with Gasteiger partial charge in [-0.15, -0.1) is 0 Å². The Hall–Kier alpha value is -2.43. The topological polar surface area (TPSA) is 66.5 Å². The van der Waals surface area contributed by atoms with E-state index < -0.39 is 6.04 Å². The molecule has 3 amide bonds. The van der Waals surface area contributed by atoms with Gasteiger partial charge in [0, 0.05) is 12.5 Å². The molecule has 0 radical (unpaired) electrons. The fourth-order valence-corrected chi connectivity index (χ4v) is 5.92. The predicted octanol–water partition coefficient (Wildman–Crippen LogP) is 2.85. The molecule has 0 spiro atoms. The Bertz CT molecular complexity index is 813. The first kappa shape index (κ1) is 18.6. The van der Waals surface area contributed by atoms with Crippen LogP contribution in [0.2, 0.25) is 0 Å². The molecule has 1 saturated heterocycles. The van der Waals surface area contributed by atoms with Crippen molar-refractivity contribution in [3.63, 3.8) is 0 Å². The van der Waals surface area contributed by atoms with Crippen molar-refractivity contribution in [1.29, 1.82) is 0 Å². The first-order chi connectivity index (χ1) is 14.1. The van der Waals surface area contributed by atoms with Gasteiger partial charge in [-0.3, -0.25) is 19.3 Å². The molecular formula is C24H28N2O3. The third-order valence-corrected chi connectivity index (χ3v) is 7.34. The Balaban J connectivity index is 1.41. The molecule has 0 unspecified atom stereocenters. The first-order valence-electron chi connectivity index (χ1n) is 11.0. The highest BCUT2D eigenvalue weighted by molar-refractivity contribution is 6.09. The van der Waals surface area contributed by atoms with Crippen molar-refractivity contribution in [3.05, 3.63) is 48.0 Å². The van der Waals surface area contributed by atoms with Gasteiger partial charge in [0.1, 0.15) is 6.04 Å². The van der Waals surface area contributed by atoms with E-state index >= 15 is 0 Å². The van der Waals surface area contributed by atoms with Crippen LogP contribution in [0.25, 0.3) is 0 Å². The minimum atomic E-state index is -0.760. The van der Waals surface area contributed by atoms with E-state index in [0.29, 0.717) is 6.42 Å². The average molecular weight is 392 g/mol. The number of carbonyl (C=O) groups is 3. The lowest BCUT2D eigenvalue weighted by atomic mass is 9.85. The highest BCUT2D eigenvalue weighted by Crippen LogP contribution is 2.53. The van der Waals surface area contributed by atoms with Crippen LogP contribution in [0, 0.1) is 23.7 Å². The van der Waals surface area contributed by atoms with Gasteiger partial charge in [-0.25, -0.2) is 0 Å². The minimum Gasteiger partial charge on any atom is -0.352 e. The van der Waals surface area contributed by atoms with E-state index in [0.717, 1.165) is 37.7 Å².